The normalized spacial score (nSPS) is 9.29. The van der Waals surface area contributed by atoms with Crippen LogP contribution in [0, 0.1) is 6.92 Å². The Balaban J connectivity index is 0.000000181. The maximum atomic E-state index is 8.63. The predicted octanol–water partition coefficient (Wildman–Crippen LogP) is 4.34. The van der Waals surface area contributed by atoms with Crippen molar-refractivity contribution < 1.29 is 5.11 Å². The molecule has 0 aliphatic heterocycles. The third-order valence-corrected chi connectivity index (χ3v) is 2.54. The van der Waals surface area contributed by atoms with Gasteiger partial charge >= 0.3 is 0 Å². The summed E-state index contributed by atoms with van der Waals surface area (Å²) in [6.07, 6.45) is 2.46. The van der Waals surface area contributed by atoms with Crippen molar-refractivity contribution >= 4 is 0 Å². The van der Waals surface area contributed by atoms with Gasteiger partial charge in [-0.3, -0.25) is 0 Å². The molecule has 0 fully saturated rings. The molecule has 1 heteroatoms. The van der Waals surface area contributed by atoms with E-state index in [-0.39, 0.29) is 0 Å². The molecule has 0 aliphatic rings. The van der Waals surface area contributed by atoms with Gasteiger partial charge in [0.05, 0.1) is 0 Å². The Labute approximate surface area is 104 Å². The van der Waals surface area contributed by atoms with Crippen molar-refractivity contribution in [3.8, 4) is 5.75 Å². The molecule has 90 valence electrons. The Bertz CT molecular complexity index is 421. The fraction of sp³-hybridized carbons (Fsp3) is 0.250. The monoisotopic (exact) mass is 228 g/mol. The average molecular weight is 228 g/mol. The fourth-order valence-electron chi connectivity index (χ4n) is 1.59. The summed E-state index contributed by atoms with van der Waals surface area (Å²) in [6, 6.07) is 17.3. The first-order chi connectivity index (χ1) is 8.24. The summed E-state index contributed by atoms with van der Waals surface area (Å²) >= 11 is 0. The first-order valence-corrected chi connectivity index (χ1v) is 6.02. The lowest BCUT2D eigenvalue weighted by molar-refractivity contribution is 0.475. The van der Waals surface area contributed by atoms with Crippen molar-refractivity contribution in [2.45, 2.75) is 26.7 Å². The van der Waals surface area contributed by atoms with Crippen molar-refractivity contribution in [2.75, 3.05) is 0 Å². The number of benzene rings is 2. The Morgan fingerprint density at radius 1 is 0.882 bits per heavy atom. The molecule has 0 bridgehead atoms. The number of phenols is 1. The lowest BCUT2D eigenvalue weighted by Crippen LogP contribution is -1.85. The molecule has 1 nitrogen and oxygen atoms in total. The van der Waals surface area contributed by atoms with Crippen LogP contribution in [-0.4, -0.2) is 5.11 Å². The van der Waals surface area contributed by atoms with E-state index in [9.17, 15) is 0 Å². The molecule has 0 aromatic heterocycles. The number of aryl methyl sites for hydroxylation is 2. The molecule has 0 radical (unpaired) electrons. The van der Waals surface area contributed by atoms with E-state index < -0.39 is 0 Å². The van der Waals surface area contributed by atoms with Crippen LogP contribution in [0.5, 0.6) is 5.75 Å². The molecule has 0 amide bonds. The maximum Gasteiger partial charge on any atom is 0.115 e. The Hall–Kier alpha value is -1.76. The van der Waals surface area contributed by atoms with E-state index in [1.165, 1.54) is 24.0 Å². The zero-order valence-corrected chi connectivity index (χ0v) is 10.6. The van der Waals surface area contributed by atoms with Crippen LogP contribution in [-0.2, 0) is 6.42 Å². The van der Waals surface area contributed by atoms with Gasteiger partial charge in [0.1, 0.15) is 5.75 Å². The van der Waals surface area contributed by atoms with Crippen LogP contribution in [0.3, 0.4) is 0 Å². The highest BCUT2D eigenvalue weighted by molar-refractivity contribution is 5.25. The third kappa shape index (κ3) is 5.21. The van der Waals surface area contributed by atoms with Crippen molar-refractivity contribution in [2.24, 2.45) is 0 Å². The number of hydrogen-bond acceptors (Lipinski definition) is 1. The highest BCUT2D eigenvalue weighted by atomic mass is 16.3. The molecule has 0 spiro atoms. The standard InChI is InChI=1S/C10H14.C6H6O/c1-3-6-10-8-5-4-7-9(10)2;7-6-4-2-1-3-5-6/h4-5,7-8H,3,6H2,1-2H3;1-5,7H. The second kappa shape index (κ2) is 7.50. The lowest BCUT2D eigenvalue weighted by atomic mass is 10.1. The van der Waals surface area contributed by atoms with E-state index in [1.807, 2.05) is 6.07 Å². The Morgan fingerprint density at radius 3 is 1.94 bits per heavy atom. The van der Waals surface area contributed by atoms with Gasteiger partial charge in [-0.2, -0.15) is 0 Å². The largest absolute Gasteiger partial charge is 0.508 e. The van der Waals surface area contributed by atoms with Gasteiger partial charge in [-0.05, 0) is 36.6 Å². The smallest absolute Gasteiger partial charge is 0.115 e. The first-order valence-electron chi connectivity index (χ1n) is 6.02. The van der Waals surface area contributed by atoms with Gasteiger partial charge in [0, 0.05) is 0 Å². The van der Waals surface area contributed by atoms with E-state index in [1.54, 1.807) is 24.3 Å². The second-order valence-corrected chi connectivity index (χ2v) is 4.01. The van der Waals surface area contributed by atoms with Crippen LogP contribution in [0.4, 0.5) is 0 Å². The molecule has 0 saturated carbocycles. The van der Waals surface area contributed by atoms with Crippen LogP contribution in [0.15, 0.2) is 54.6 Å². The first kappa shape index (κ1) is 13.3. The number of phenolic OH excluding ortho intramolecular Hbond substituents is 1. The molecule has 2 rings (SSSR count). The minimum atomic E-state index is 0.322. The van der Waals surface area contributed by atoms with Gasteiger partial charge < -0.3 is 5.11 Å². The van der Waals surface area contributed by atoms with Crippen LogP contribution in [0.2, 0.25) is 0 Å². The highest BCUT2D eigenvalue weighted by Gasteiger charge is 1.92. The molecular weight excluding hydrogens is 208 g/mol. The van der Waals surface area contributed by atoms with Gasteiger partial charge in [-0.1, -0.05) is 55.8 Å². The summed E-state index contributed by atoms with van der Waals surface area (Å²) in [5.41, 5.74) is 2.91. The average Bonchev–Trinajstić information content (AvgIpc) is 2.34. The molecule has 0 unspecified atom stereocenters. The third-order valence-electron chi connectivity index (χ3n) is 2.54. The Kier molecular flexibility index (Phi) is 5.87. The van der Waals surface area contributed by atoms with Crippen molar-refractivity contribution in [3.63, 3.8) is 0 Å². The van der Waals surface area contributed by atoms with Gasteiger partial charge in [-0.15, -0.1) is 0 Å². The summed E-state index contributed by atoms with van der Waals surface area (Å²) in [5.74, 6) is 0.322. The molecule has 2 aromatic rings. The van der Waals surface area contributed by atoms with E-state index >= 15 is 0 Å². The second-order valence-electron chi connectivity index (χ2n) is 4.01. The van der Waals surface area contributed by atoms with Crippen LogP contribution >= 0.6 is 0 Å². The van der Waals surface area contributed by atoms with Crippen molar-refractivity contribution in [3.05, 3.63) is 65.7 Å². The van der Waals surface area contributed by atoms with E-state index in [4.69, 9.17) is 5.11 Å². The minimum absolute atomic E-state index is 0.322. The van der Waals surface area contributed by atoms with Crippen LogP contribution in [0.25, 0.3) is 0 Å². The summed E-state index contributed by atoms with van der Waals surface area (Å²) in [6.45, 7) is 4.39. The molecule has 2 aromatic carbocycles. The summed E-state index contributed by atoms with van der Waals surface area (Å²) < 4.78 is 0. The van der Waals surface area contributed by atoms with E-state index in [0.717, 1.165) is 0 Å². The van der Waals surface area contributed by atoms with Crippen molar-refractivity contribution in [1.29, 1.82) is 0 Å². The number of rotatable bonds is 2. The molecular formula is C16H20O. The van der Waals surface area contributed by atoms with Gasteiger partial charge in [-0.25, -0.2) is 0 Å². The molecule has 0 aliphatic carbocycles. The number of para-hydroxylation sites is 1. The summed E-state index contributed by atoms with van der Waals surface area (Å²) in [4.78, 5) is 0. The summed E-state index contributed by atoms with van der Waals surface area (Å²) in [5, 5.41) is 8.63. The predicted molar refractivity (Wildman–Crippen MR) is 73.3 cm³/mol. The molecule has 17 heavy (non-hydrogen) atoms. The lowest BCUT2D eigenvalue weighted by Gasteiger charge is -2.01. The van der Waals surface area contributed by atoms with Crippen LogP contribution < -0.4 is 0 Å². The highest BCUT2D eigenvalue weighted by Crippen LogP contribution is 2.08. The van der Waals surface area contributed by atoms with Crippen molar-refractivity contribution in [1.82, 2.24) is 0 Å². The number of hydrogen-bond donors (Lipinski definition) is 1. The minimum Gasteiger partial charge on any atom is -0.508 e. The number of aromatic hydroxyl groups is 1. The summed E-state index contributed by atoms with van der Waals surface area (Å²) in [7, 11) is 0. The molecule has 1 N–H and O–H groups in total. The fourth-order valence-corrected chi connectivity index (χ4v) is 1.59. The van der Waals surface area contributed by atoms with Crippen LogP contribution in [0.1, 0.15) is 24.5 Å². The van der Waals surface area contributed by atoms with E-state index in [2.05, 4.69) is 38.1 Å². The zero-order chi connectivity index (χ0) is 12.5. The molecule has 0 saturated heterocycles. The quantitative estimate of drug-likeness (QED) is 0.810. The SMILES string of the molecule is CCCc1ccccc1C.Oc1ccccc1. The molecule has 0 heterocycles. The topological polar surface area (TPSA) is 20.2 Å². The van der Waals surface area contributed by atoms with Gasteiger partial charge in [0.25, 0.3) is 0 Å². The molecule has 0 atom stereocenters. The zero-order valence-electron chi connectivity index (χ0n) is 10.6. The van der Waals surface area contributed by atoms with Gasteiger partial charge in [0.15, 0.2) is 0 Å². The van der Waals surface area contributed by atoms with E-state index in [0.29, 0.717) is 5.75 Å². The maximum absolute atomic E-state index is 8.63. The van der Waals surface area contributed by atoms with Gasteiger partial charge in [0.2, 0.25) is 0 Å². The Morgan fingerprint density at radius 2 is 1.47 bits per heavy atom.